The molecule has 23 valence electrons. The number of rotatable bonds is 0. The van der Waals surface area contributed by atoms with E-state index in [1.807, 2.05) is 0 Å². The predicted molar refractivity (Wildman–Crippen MR) is 31.7 cm³/mol. The molecular formula is C2H2BP2. The Bertz CT molecular complexity index is 65.7. The lowest BCUT2D eigenvalue weighted by atomic mass is 10.2. The van der Waals surface area contributed by atoms with Crippen LogP contribution in [0.3, 0.4) is 0 Å². The fourth-order valence-corrected chi connectivity index (χ4v) is 1.73. The molecule has 0 N–H and O–H groups in total. The molecule has 0 saturated carbocycles. The van der Waals surface area contributed by atoms with Gasteiger partial charge in [-0.3, -0.25) is 0 Å². The van der Waals surface area contributed by atoms with Crippen LogP contribution in [0.4, 0.5) is 0 Å². The number of hydrogen-bond donors (Lipinski definition) is 0. The van der Waals surface area contributed by atoms with Gasteiger partial charge in [0.15, 0.2) is 0 Å². The standard InChI is InChI=1S/C2H2BP2/c1-3-5-2-4-1/h1-2H. The van der Waals surface area contributed by atoms with Crippen molar-refractivity contribution in [1.82, 2.24) is 0 Å². The lowest BCUT2D eigenvalue weighted by Crippen LogP contribution is -1.64. The molecule has 1 rings (SSSR count). The first-order valence-electron chi connectivity index (χ1n) is 1.37. The molecule has 1 radical (unpaired) electrons. The molecule has 0 aliphatic carbocycles. The van der Waals surface area contributed by atoms with Gasteiger partial charge in [0.25, 0.3) is 0 Å². The summed E-state index contributed by atoms with van der Waals surface area (Å²) in [6.45, 7) is 2.14. The first kappa shape index (κ1) is 3.59. The van der Waals surface area contributed by atoms with Crippen LogP contribution in [0.2, 0.25) is 0 Å². The average molecular weight is 98.8 g/mol. The number of hydrogen-bond acceptors (Lipinski definition) is 0. The summed E-state index contributed by atoms with van der Waals surface area (Å²) in [6, 6.07) is 0. The van der Waals surface area contributed by atoms with Gasteiger partial charge in [-0.1, -0.05) is 13.9 Å². The maximum Gasteiger partial charge on any atom is 0.218 e. The molecule has 0 saturated heterocycles. The zero-order chi connectivity index (χ0) is 3.54. The highest BCUT2D eigenvalue weighted by atomic mass is 31.1. The zero-order valence-corrected chi connectivity index (χ0v) is 4.42. The predicted octanol–water partition coefficient (Wildman–Crippen LogP) is 1.03. The lowest BCUT2D eigenvalue weighted by molar-refractivity contribution is 4.07. The van der Waals surface area contributed by atoms with E-state index in [0.29, 0.717) is 0 Å². The van der Waals surface area contributed by atoms with Gasteiger partial charge in [-0.25, -0.2) is 0 Å². The van der Waals surface area contributed by atoms with Gasteiger partial charge in [0.1, 0.15) is 0 Å². The Morgan fingerprint density at radius 3 is 2.80 bits per heavy atom. The monoisotopic (exact) mass is 99.0 g/mol. The molecule has 0 aromatic heterocycles. The second kappa shape index (κ2) is 1.75. The molecule has 1 aliphatic rings. The average Bonchev–Trinajstić information content (AvgIpc) is 1.76. The van der Waals surface area contributed by atoms with Crippen molar-refractivity contribution in [2.45, 2.75) is 0 Å². The van der Waals surface area contributed by atoms with Crippen LogP contribution in [0.25, 0.3) is 0 Å². The van der Waals surface area contributed by atoms with Crippen molar-refractivity contribution in [3.63, 3.8) is 0 Å². The SMILES string of the molecule is [B]1C=PC=P1. The maximum absolute atomic E-state index is 2.19. The summed E-state index contributed by atoms with van der Waals surface area (Å²) in [4.78, 5) is 0. The zero-order valence-electron chi connectivity index (χ0n) is 2.63. The fourth-order valence-electron chi connectivity index (χ4n) is 0.192. The summed E-state index contributed by atoms with van der Waals surface area (Å²) in [6.07, 6.45) is 0. The van der Waals surface area contributed by atoms with Crippen LogP contribution in [0.5, 0.6) is 0 Å². The summed E-state index contributed by atoms with van der Waals surface area (Å²) in [5.41, 5.74) is 4.33. The Balaban J connectivity index is 2.61. The molecule has 0 spiro atoms. The van der Waals surface area contributed by atoms with E-state index in [9.17, 15) is 0 Å². The van der Waals surface area contributed by atoms with E-state index < -0.39 is 0 Å². The molecule has 1 aliphatic heterocycles. The summed E-state index contributed by atoms with van der Waals surface area (Å²) in [5, 5.41) is 0. The third-order valence-electron chi connectivity index (χ3n) is 0.372. The van der Waals surface area contributed by atoms with Gasteiger partial charge in [0, 0.05) is 0 Å². The van der Waals surface area contributed by atoms with E-state index in [1.165, 1.54) is 16.3 Å². The van der Waals surface area contributed by atoms with E-state index in [-0.39, 0.29) is 0 Å². The first-order chi connectivity index (χ1) is 2.50. The van der Waals surface area contributed by atoms with Crippen molar-refractivity contribution < 1.29 is 0 Å². The van der Waals surface area contributed by atoms with Gasteiger partial charge in [-0.05, 0) is 5.54 Å². The Morgan fingerprint density at radius 2 is 2.60 bits per heavy atom. The molecule has 0 bridgehead atoms. The van der Waals surface area contributed by atoms with Crippen LogP contribution in [0.1, 0.15) is 0 Å². The smallest absolute Gasteiger partial charge is 0.149 e. The normalized spacial score (nSPS) is 22.4. The van der Waals surface area contributed by atoms with Crippen LogP contribution in [-0.4, -0.2) is 18.2 Å². The van der Waals surface area contributed by atoms with E-state index in [0.717, 1.165) is 0 Å². The summed E-state index contributed by atoms with van der Waals surface area (Å²) in [7, 11) is 2.75. The van der Waals surface area contributed by atoms with Gasteiger partial charge >= 0.3 is 0 Å². The summed E-state index contributed by atoms with van der Waals surface area (Å²) >= 11 is 0. The van der Waals surface area contributed by atoms with E-state index in [2.05, 4.69) is 18.2 Å². The highest BCUT2D eigenvalue weighted by Crippen LogP contribution is 2.03. The van der Waals surface area contributed by atoms with Crippen LogP contribution in [-0.2, 0) is 0 Å². The molecule has 0 aromatic rings. The van der Waals surface area contributed by atoms with Crippen molar-refractivity contribution in [2.75, 3.05) is 0 Å². The fraction of sp³-hybridized carbons (Fsp3) is 0. The lowest BCUT2D eigenvalue weighted by Gasteiger charge is -1.49. The van der Waals surface area contributed by atoms with Crippen molar-refractivity contribution >= 4 is 34.5 Å². The molecule has 5 heavy (non-hydrogen) atoms. The Morgan fingerprint density at radius 1 is 1.60 bits per heavy atom. The second-order valence-corrected chi connectivity index (χ2v) is 2.83. The Hall–Kier alpha value is 0.405. The quantitative estimate of drug-likeness (QED) is 0.314. The highest BCUT2D eigenvalue weighted by molar-refractivity contribution is 7.93. The summed E-state index contributed by atoms with van der Waals surface area (Å²) in [5.74, 6) is 0. The van der Waals surface area contributed by atoms with E-state index in [4.69, 9.17) is 0 Å². The van der Waals surface area contributed by atoms with Crippen molar-refractivity contribution in [3.8, 4) is 0 Å². The Labute approximate surface area is 35.4 Å². The first-order valence-corrected chi connectivity index (χ1v) is 3.43. The minimum Gasteiger partial charge on any atom is -0.149 e. The van der Waals surface area contributed by atoms with Gasteiger partial charge in [0.2, 0.25) is 7.00 Å². The van der Waals surface area contributed by atoms with Crippen molar-refractivity contribution in [3.05, 3.63) is 0 Å². The van der Waals surface area contributed by atoms with Crippen molar-refractivity contribution in [1.29, 1.82) is 0 Å². The van der Waals surface area contributed by atoms with E-state index in [1.54, 1.807) is 0 Å². The topological polar surface area (TPSA) is 0 Å². The van der Waals surface area contributed by atoms with Crippen LogP contribution >= 0.6 is 16.3 Å². The van der Waals surface area contributed by atoms with Gasteiger partial charge < -0.3 is 0 Å². The highest BCUT2D eigenvalue weighted by Gasteiger charge is 1.78. The Kier molecular flexibility index (Phi) is 1.26. The minimum absolute atomic E-state index is 1.37. The van der Waals surface area contributed by atoms with Gasteiger partial charge in [-0.2, -0.15) is 0 Å². The molecule has 0 unspecified atom stereocenters. The minimum atomic E-state index is 1.37. The largest absolute Gasteiger partial charge is 0.218 e. The molecular weight excluding hydrogens is 96.8 g/mol. The molecule has 0 aromatic carbocycles. The molecule has 0 amide bonds. The van der Waals surface area contributed by atoms with Crippen LogP contribution in [0.15, 0.2) is 0 Å². The molecule has 1 heterocycles. The third kappa shape index (κ3) is 0.872. The van der Waals surface area contributed by atoms with Gasteiger partial charge in [-0.15, -0.1) is 8.08 Å². The third-order valence-corrected chi connectivity index (χ3v) is 2.32. The van der Waals surface area contributed by atoms with Crippen molar-refractivity contribution in [2.24, 2.45) is 0 Å². The van der Waals surface area contributed by atoms with Crippen LogP contribution in [0, 0.1) is 0 Å². The molecule has 0 atom stereocenters. The van der Waals surface area contributed by atoms with Gasteiger partial charge in [0.05, 0.1) is 0 Å². The van der Waals surface area contributed by atoms with E-state index >= 15 is 0 Å². The molecule has 3 heteroatoms. The maximum atomic E-state index is 2.19. The summed E-state index contributed by atoms with van der Waals surface area (Å²) < 4.78 is 0. The molecule has 0 nitrogen and oxygen atoms in total. The molecule has 0 fully saturated rings. The van der Waals surface area contributed by atoms with Crippen LogP contribution < -0.4 is 0 Å². The second-order valence-electron chi connectivity index (χ2n) is 0.712.